The monoisotopic (exact) mass is 320 g/mol. The van der Waals surface area contributed by atoms with Crippen LogP contribution in [0, 0.1) is 0 Å². The first-order valence-corrected chi connectivity index (χ1v) is 7.95. The van der Waals surface area contributed by atoms with E-state index in [2.05, 4.69) is 34.8 Å². The van der Waals surface area contributed by atoms with Crippen LogP contribution in [0.5, 0.6) is 0 Å². The number of para-hydroxylation sites is 2. The molecule has 2 aromatic rings. The van der Waals surface area contributed by atoms with Crippen molar-refractivity contribution in [2.24, 2.45) is 0 Å². The van der Waals surface area contributed by atoms with Crippen molar-refractivity contribution in [3.63, 3.8) is 0 Å². The number of aromatic nitrogens is 2. The van der Waals surface area contributed by atoms with Crippen LogP contribution in [0.3, 0.4) is 0 Å². The molecule has 0 fully saturated rings. The van der Waals surface area contributed by atoms with Gasteiger partial charge in [-0.1, -0.05) is 31.3 Å². The van der Waals surface area contributed by atoms with Crippen molar-refractivity contribution in [1.29, 1.82) is 0 Å². The van der Waals surface area contributed by atoms with E-state index in [1.807, 2.05) is 24.3 Å². The third kappa shape index (κ3) is 9.60. The van der Waals surface area contributed by atoms with Gasteiger partial charge in [0.1, 0.15) is 0 Å². The van der Waals surface area contributed by atoms with Gasteiger partial charge in [-0.25, -0.2) is 4.98 Å². The molecular formula is C11H16N2O3S3. The fraction of sp³-hybridized carbons (Fsp3) is 0.273. The van der Waals surface area contributed by atoms with E-state index in [1.54, 1.807) is 13.3 Å². The molecule has 0 saturated heterocycles. The SMILES string of the molecule is CCCS(=O)(=O)O.S=CS.c1ccc2[nH]cnc2c1. The van der Waals surface area contributed by atoms with E-state index in [9.17, 15) is 8.42 Å². The first-order valence-electron chi connectivity index (χ1n) is 5.35. The van der Waals surface area contributed by atoms with E-state index in [0.29, 0.717) is 6.42 Å². The molecule has 0 atom stereocenters. The van der Waals surface area contributed by atoms with Crippen molar-refractivity contribution in [3.8, 4) is 0 Å². The van der Waals surface area contributed by atoms with Gasteiger partial charge in [0.15, 0.2) is 0 Å². The topological polar surface area (TPSA) is 83.0 Å². The van der Waals surface area contributed by atoms with E-state index in [1.165, 1.54) is 4.70 Å². The summed E-state index contributed by atoms with van der Waals surface area (Å²) in [5, 5.41) is 0. The molecule has 0 bridgehead atoms. The molecule has 0 spiro atoms. The highest BCUT2D eigenvalue weighted by Gasteiger charge is 1.98. The Hall–Kier alpha value is -0.960. The summed E-state index contributed by atoms with van der Waals surface area (Å²) >= 11 is 7.61. The maximum Gasteiger partial charge on any atom is 0.264 e. The number of nitrogens with zero attached hydrogens (tertiary/aromatic N) is 1. The Bertz CT molecular complexity index is 551. The number of fused-ring (bicyclic) bond motifs is 1. The van der Waals surface area contributed by atoms with E-state index >= 15 is 0 Å². The summed E-state index contributed by atoms with van der Waals surface area (Å²) in [5.41, 5.74) is 2.12. The first-order chi connectivity index (χ1) is 8.94. The number of rotatable bonds is 2. The van der Waals surface area contributed by atoms with Crippen LogP contribution >= 0.6 is 24.8 Å². The van der Waals surface area contributed by atoms with Crippen LogP contribution in [0.4, 0.5) is 0 Å². The zero-order chi connectivity index (χ0) is 14.7. The lowest BCUT2D eigenvalue weighted by Crippen LogP contribution is -2.01. The summed E-state index contributed by atoms with van der Waals surface area (Å²) in [6.07, 6.45) is 2.17. The molecule has 1 aromatic heterocycles. The van der Waals surface area contributed by atoms with E-state index in [0.717, 1.165) is 11.0 Å². The Morgan fingerprint density at radius 1 is 1.47 bits per heavy atom. The highest BCUT2D eigenvalue weighted by atomic mass is 32.2. The van der Waals surface area contributed by atoms with Gasteiger partial charge in [-0.2, -0.15) is 8.42 Å². The number of hydrogen-bond acceptors (Lipinski definition) is 4. The molecule has 0 amide bonds. The second-order valence-electron chi connectivity index (χ2n) is 3.31. The van der Waals surface area contributed by atoms with Gasteiger partial charge < -0.3 is 4.98 Å². The van der Waals surface area contributed by atoms with Crippen molar-refractivity contribution in [2.75, 3.05) is 5.75 Å². The number of thiol groups is 1. The standard InChI is InChI=1S/C7H6N2.C3H8O3S.CH2S2/c1-2-4-7-6(3-1)8-5-9-7;1-2-3-7(4,5)6;2-1-3/h1-5H,(H,8,9);2-3H2,1H3,(H,4,5,6);1H,(H,2,3). The fourth-order valence-electron chi connectivity index (χ4n) is 1.14. The molecule has 0 aliphatic heterocycles. The van der Waals surface area contributed by atoms with Gasteiger partial charge in [-0.3, -0.25) is 4.55 Å². The minimum absolute atomic E-state index is 0.132. The molecule has 0 aliphatic carbocycles. The third-order valence-corrected chi connectivity index (χ3v) is 2.71. The summed E-state index contributed by atoms with van der Waals surface area (Å²) < 4.78 is 28.8. The Morgan fingerprint density at radius 2 is 2.05 bits per heavy atom. The molecule has 5 nitrogen and oxygen atoms in total. The molecule has 0 radical (unpaired) electrons. The molecule has 0 saturated carbocycles. The number of aromatic amines is 1. The Balaban J connectivity index is 0.000000292. The van der Waals surface area contributed by atoms with Crippen LogP contribution in [-0.4, -0.2) is 33.4 Å². The van der Waals surface area contributed by atoms with Gasteiger partial charge in [-0.05, 0) is 18.6 Å². The lowest BCUT2D eigenvalue weighted by atomic mass is 10.3. The quantitative estimate of drug-likeness (QED) is 0.450. The van der Waals surface area contributed by atoms with E-state index in [-0.39, 0.29) is 5.75 Å². The van der Waals surface area contributed by atoms with Gasteiger partial charge in [-0.15, -0.1) is 12.6 Å². The lowest BCUT2D eigenvalue weighted by Gasteiger charge is -1.85. The van der Waals surface area contributed by atoms with Crippen LogP contribution in [0.1, 0.15) is 13.3 Å². The predicted octanol–water partition coefficient (Wildman–Crippen LogP) is 2.72. The Kier molecular flexibility index (Phi) is 9.40. The molecule has 19 heavy (non-hydrogen) atoms. The average Bonchev–Trinajstić information content (AvgIpc) is 2.77. The third-order valence-electron chi connectivity index (χ3n) is 1.79. The molecule has 1 heterocycles. The number of nitrogens with one attached hydrogen (secondary N) is 1. The molecule has 0 unspecified atom stereocenters. The second-order valence-corrected chi connectivity index (χ2v) is 5.73. The predicted molar refractivity (Wildman–Crippen MR) is 85.4 cm³/mol. The van der Waals surface area contributed by atoms with Crippen LogP contribution in [0.15, 0.2) is 30.6 Å². The number of imidazole rings is 1. The molecule has 2 rings (SSSR count). The lowest BCUT2D eigenvalue weighted by molar-refractivity contribution is 0.482. The maximum atomic E-state index is 9.79. The van der Waals surface area contributed by atoms with Crippen molar-refractivity contribution in [1.82, 2.24) is 9.97 Å². The van der Waals surface area contributed by atoms with Crippen molar-refractivity contribution in [3.05, 3.63) is 30.6 Å². The van der Waals surface area contributed by atoms with Gasteiger partial charge in [0, 0.05) is 4.70 Å². The largest absolute Gasteiger partial charge is 0.345 e. The zero-order valence-electron chi connectivity index (χ0n) is 10.4. The summed E-state index contributed by atoms with van der Waals surface area (Å²) in [6.45, 7) is 1.69. The smallest absolute Gasteiger partial charge is 0.264 e. The number of H-pyrrole nitrogens is 1. The highest BCUT2D eigenvalue weighted by molar-refractivity contribution is 8.08. The van der Waals surface area contributed by atoms with Crippen LogP contribution in [0.2, 0.25) is 0 Å². The Morgan fingerprint density at radius 3 is 2.47 bits per heavy atom. The Labute approximate surface area is 123 Å². The molecule has 8 heteroatoms. The van der Waals surface area contributed by atoms with Gasteiger partial charge >= 0.3 is 0 Å². The van der Waals surface area contributed by atoms with Gasteiger partial charge in [0.05, 0.1) is 23.1 Å². The van der Waals surface area contributed by atoms with Crippen molar-refractivity contribution < 1.29 is 13.0 Å². The van der Waals surface area contributed by atoms with Crippen molar-refractivity contribution >= 4 is 50.7 Å². The highest BCUT2D eigenvalue weighted by Crippen LogP contribution is 2.05. The zero-order valence-corrected chi connectivity index (χ0v) is 12.9. The first kappa shape index (κ1) is 18.0. The molecular weight excluding hydrogens is 304 g/mol. The van der Waals surface area contributed by atoms with Gasteiger partial charge in [0.25, 0.3) is 10.1 Å². The summed E-state index contributed by atoms with van der Waals surface area (Å²) in [7, 11) is -3.67. The molecule has 1 aromatic carbocycles. The van der Waals surface area contributed by atoms with Crippen LogP contribution in [0.25, 0.3) is 11.0 Å². The normalized spacial score (nSPS) is 9.84. The minimum Gasteiger partial charge on any atom is -0.345 e. The number of benzene rings is 1. The van der Waals surface area contributed by atoms with Crippen LogP contribution in [-0.2, 0) is 10.1 Å². The molecule has 2 N–H and O–H groups in total. The average molecular weight is 320 g/mol. The fourth-order valence-corrected chi connectivity index (χ4v) is 1.65. The van der Waals surface area contributed by atoms with E-state index in [4.69, 9.17) is 4.55 Å². The molecule has 106 valence electrons. The molecule has 0 aliphatic rings. The summed E-state index contributed by atoms with van der Waals surface area (Å²) in [5.74, 6) is -0.132. The maximum absolute atomic E-state index is 9.79. The van der Waals surface area contributed by atoms with Crippen LogP contribution < -0.4 is 0 Å². The van der Waals surface area contributed by atoms with Crippen molar-refractivity contribution in [2.45, 2.75) is 13.3 Å². The second kappa shape index (κ2) is 9.90. The van der Waals surface area contributed by atoms with Gasteiger partial charge in [0.2, 0.25) is 0 Å². The number of thiocarbonyl (C=S) groups is 1. The number of hydrogen-bond donors (Lipinski definition) is 3. The minimum atomic E-state index is -3.67. The summed E-state index contributed by atoms with van der Waals surface area (Å²) in [6, 6.07) is 7.94. The summed E-state index contributed by atoms with van der Waals surface area (Å²) in [4.78, 5) is 7.07. The van der Waals surface area contributed by atoms with E-state index < -0.39 is 10.1 Å².